The normalized spacial score (nSPS) is 15.4. The minimum Gasteiger partial charge on any atom is -0.490 e. The van der Waals surface area contributed by atoms with E-state index in [0.717, 1.165) is 6.42 Å². The van der Waals surface area contributed by atoms with Crippen LogP contribution in [-0.2, 0) is 4.79 Å². The van der Waals surface area contributed by atoms with Gasteiger partial charge in [0.2, 0.25) is 5.91 Å². The van der Waals surface area contributed by atoms with E-state index >= 15 is 0 Å². The summed E-state index contributed by atoms with van der Waals surface area (Å²) >= 11 is 6.00. The Morgan fingerprint density at radius 1 is 1.30 bits per heavy atom. The number of amides is 2. The van der Waals surface area contributed by atoms with Crippen molar-refractivity contribution in [2.24, 2.45) is 11.3 Å². The van der Waals surface area contributed by atoms with Crippen LogP contribution in [0.25, 0.3) is 0 Å². The Bertz CT molecular complexity index is 955. The highest BCUT2D eigenvalue weighted by molar-refractivity contribution is 6.34. The van der Waals surface area contributed by atoms with Gasteiger partial charge in [-0.05, 0) is 56.5 Å². The van der Waals surface area contributed by atoms with Gasteiger partial charge in [0, 0.05) is 12.2 Å². The third kappa shape index (κ3) is 4.59. The third-order valence-corrected chi connectivity index (χ3v) is 5.36. The van der Waals surface area contributed by atoms with Gasteiger partial charge in [0.05, 0.1) is 21.7 Å². The lowest BCUT2D eigenvalue weighted by Crippen LogP contribution is -2.42. The number of rotatable bonds is 5. The molecule has 0 aliphatic carbocycles. The Labute approximate surface area is 181 Å². The molecular formula is C23H26ClFN2O3. The first kappa shape index (κ1) is 22.1. The van der Waals surface area contributed by atoms with Crippen molar-refractivity contribution in [2.75, 3.05) is 23.4 Å². The van der Waals surface area contributed by atoms with E-state index in [1.165, 1.54) is 18.2 Å². The Kier molecular flexibility index (Phi) is 6.36. The van der Waals surface area contributed by atoms with E-state index in [-0.39, 0.29) is 23.1 Å². The summed E-state index contributed by atoms with van der Waals surface area (Å²) in [7, 11) is 0. The number of nitrogens with zero attached hydrogens (tertiary/aromatic N) is 1. The highest BCUT2D eigenvalue weighted by atomic mass is 35.5. The number of ether oxygens (including phenoxy) is 1. The number of hydrogen-bond acceptors (Lipinski definition) is 3. The highest BCUT2D eigenvalue weighted by Gasteiger charge is 2.37. The first-order valence-corrected chi connectivity index (χ1v) is 10.3. The van der Waals surface area contributed by atoms with Crippen LogP contribution in [0.2, 0.25) is 5.02 Å². The van der Waals surface area contributed by atoms with E-state index in [4.69, 9.17) is 16.3 Å². The standard InChI is InChI=1S/C23H26ClFN2O3/c1-14(2)10-11-27-18-12-15(8-9-19(18)30-13-23(3,4)22(27)29)26-21(28)20-16(24)6-5-7-17(20)25/h5-9,12,14H,10-11,13H2,1-4H3,(H,26,28). The summed E-state index contributed by atoms with van der Waals surface area (Å²) in [4.78, 5) is 27.5. The van der Waals surface area contributed by atoms with Gasteiger partial charge in [0.25, 0.3) is 5.91 Å². The van der Waals surface area contributed by atoms with Gasteiger partial charge in [-0.1, -0.05) is 31.5 Å². The second-order valence-electron chi connectivity index (χ2n) is 8.55. The van der Waals surface area contributed by atoms with Crippen LogP contribution >= 0.6 is 11.6 Å². The lowest BCUT2D eigenvalue weighted by atomic mass is 9.92. The van der Waals surface area contributed by atoms with Crippen LogP contribution in [0.3, 0.4) is 0 Å². The molecule has 7 heteroatoms. The van der Waals surface area contributed by atoms with Gasteiger partial charge in [-0.3, -0.25) is 9.59 Å². The minimum atomic E-state index is -0.700. The molecule has 2 aromatic rings. The van der Waals surface area contributed by atoms with Crippen molar-refractivity contribution in [2.45, 2.75) is 34.1 Å². The maximum Gasteiger partial charge on any atom is 0.260 e. The van der Waals surface area contributed by atoms with Crippen LogP contribution in [0.5, 0.6) is 5.75 Å². The van der Waals surface area contributed by atoms with Gasteiger partial charge in [-0.25, -0.2) is 4.39 Å². The second kappa shape index (κ2) is 8.64. The molecule has 0 aromatic heterocycles. The van der Waals surface area contributed by atoms with E-state index in [1.807, 2.05) is 13.8 Å². The molecule has 1 N–H and O–H groups in total. The zero-order chi connectivity index (χ0) is 22.1. The SMILES string of the molecule is CC(C)CCN1C(=O)C(C)(C)COc2ccc(NC(=O)c3c(F)cccc3Cl)cc21. The van der Waals surface area contributed by atoms with Crippen LogP contribution in [0.15, 0.2) is 36.4 Å². The maximum absolute atomic E-state index is 14.1. The number of anilines is 2. The molecular weight excluding hydrogens is 407 g/mol. The molecule has 0 spiro atoms. The number of nitrogens with one attached hydrogen (secondary N) is 1. The van der Waals surface area contributed by atoms with Crippen LogP contribution in [0, 0.1) is 17.2 Å². The smallest absolute Gasteiger partial charge is 0.260 e. The van der Waals surface area contributed by atoms with E-state index in [9.17, 15) is 14.0 Å². The van der Waals surface area contributed by atoms with Crippen molar-refractivity contribution in [3.05, 3.63) is 52.8 Å². The first-order chi connectivity index (χ1) is 14.1. The summed E-state index contributed by atoms with van der Waals surface area (Å²) in [5, 5.41) is 2.70. The van der Waals surface area contributed by atoms with Crippen LogP contribution in [0.1, 0.15) is 44.5 Å². The third-order valence-electron chi connectivity index (χ3n) is 5.04. The molecule has 30 heavy (non-hydrogen) atoms. The summed E-state index contributed by atoms with van der Waals surface area (Å²) in [6.45, 7) is 8.69. The molecule has 1 aliphatic rings. The van der Waals surface area contributed by atoms with Crippen molar-refractivity contribution >= 4 is 34.8 Å². The van der Waals surface area contributed by atoms with Crippen molar-refractivity contribution in [1.29, 1.82) is 0 Å². The monoisotopic (exact) mass is 432 g/mol. The number of hydrogen-bond donors (Lipinski definition) is 1. The predicted octanol–water partition coefficient (Wildman–Crippen LogP) is 5.53. The number of benzene rings is 2. The van der Waals surface area contributed by atoms with Crippen LogP contribution < -0.4 is 15.0 Å². The fourth-order valence-electron chi connectivity index (χ4n) is 3.24. The van der Waals surface area contributed by atoms with E-state index in [0.29, 0.717) is 29.6 Å². The highest BCUT2D eigenvalue weighted by Crippen LogP contribution is 2.38. The summed E-state index contributed by atoms with van der Waals surface area (Å²) in [5.41, 5.74) is 0.103. The molecule has 0 unspecified atom stereocenters. The zero-order valence-corrected chi connectivity index (χ0v) is 18.3. The van der Waals surface area contributed by atoms with Gasteiger partial charge in [0.1, 0.15) is 18.2 Å². The van der Waals surface area contributed by atoms with Crippen molar-refractivity contribution in [1.82, 2.24) is 0 Å². The van der Waals surface area contributed by atoms with Crippen LogP contribution in [0.4, 0.5) is 15.8 Å². The molecule has 1 heterocycles. The van der Waals surface area contributed by atoms with Crippen molar-refractivity contribution in [3.63, 3.8) is 0 Å². The van der Waals surface area contributed by atoms with Gasteiger partial charge in [-0.2, -0.15) is 0 Å². The van der Waals surface area contributed by atoms with Gasteiger partial charge in [0.15, 0.2) is 0 Å². The van der Waals surface area contributed by atoms with E-state index in [1.54, 1.807) is 23.1 Å². The first-order valence-electron chi connectivity index (χ1n) is 9.94. The number of halogens is 2. The average molecular weight is 433 g/mol. The molecule has 2 aromatic carbocycles. The Morgan fingerprint density at radius 2 is 2.03 bits per heavy atom. The fourth-order valence-corrected chi connectivity index (χ4v) is 3.49. The lowest BCUT2D eigenvalue weighted by Gasteiger charge is -2.28. The second-order valence-corrected chi connectivity index (χ2v) is 8.95. The predicted molar refractivity (Wildman–Crippen MR) is 117 cm³/mol. The quantitative estimate of drug-likeness (QED) is 0.675. The molecule has 0 atom stereocenters. The Morgan fingerprint density at radius 3 is 2.70 bits per heavy atom. The van der Waals surface area contributed by atoms with E-state index < -0.39 is 17.1 Å². The minimum absolute atomic E-state index is 0.0288. The molecule has 1 aliphatic heterocycles. The van der Waals surface area contributed by atoms with Crippen molar-refractivity contribution in [3.8, 4) is 5.75 Å². The zero-order valence-electron chi connectivity index (χ0n) is 17.6. The molecule has 0 radical (unpaired) electrons. The number of fused-ring (bicyclic) bond motifs is 1. The molecule has 0 bridgehead atoms. The van der Waals surface area contributed by atoms with Gasteiger partial charge < -0.3 is 15.0 Å². The molecule has 0 fully saturated rings. The summed E-state index contributed by atoms with van der Waals surface area (Å²) in [6, 6.07) is 9.13. The topological polar surface area (TPSA) is 58.6 Å². The molecule has 5 nitrogen and oxygen atoms in total. The maximum atomic E-state index is 14.1. The number of carbonyl (C=O) groups is 2. The molecule has 160 valence electrons. The molecule has 3 rings (SSSR count). The molecule has 2 amide bonds. The number of carbonyl (C=O) groups excluding carboxylic acids is 2. The van der Waals surface area contributed by atoms with E-state index in [2.05, 4.69) is 19.2 Å². The average Bonchev–Trinajstić information content (AvgIpc) is 2.75. The largest absolute Gasteiger partial charge is 0.490 e. The van der Waals surface area contributed by atoms with Crippen LogP contribution in [-0.4, -0.2) is 25.0 Å². The molecule has 0 saturated heterocycles. The lowest BCUT2D eigenvalue weighted by molar-refractivity contribution is -0.127. The Balaban J connectivity index is 1.95. The Hall–Kier alpha value is -2.60. The van der Waals surface area contributed by atoms with Crippen molar-refractivity contribution < 1.29 is 18.7 Å². The summed E-state index contributed by atoms with van der Waals surface area (Å²) in [6.07, 6.45) is 0.822. The van der Waals surface area contributed by atoms with Gasteiger partial charge in [-0.15, -0.1) is 0 Å². The fraction of sp³-hybridized carbons (Fsp3) is 0.391. The van der Waals surface area contributed by atoms with Gasteiger partial charge >= 0.3 is 0 Å². The molecule has 0 saturated carbocycles. The summed E-state index contributed by atoms with van der Waals surface area (Å²) < 4.78 is 20.0. The summed E-state index contributed by atoms with van der Waals surface area (Å²) in [5.74, 6) is -0.414.